The number of amides is 1. The van der Waals surface area contributed by atoms with Crippen LogP contribution in [0.15, 0.2) is 0 Å². The van der Waals surface area contributed by atoms with Crippen molar-refractivity contribution in [2.24, 2.45) is 0 Å². The summed E-state index contributed by atoms with van der Waals surface area (Å²) in [6.45, 7) is 6.33. The lowest BCUT2D eigenvalue weighted by Crippen LogP contribution is -2.51. The summed E-state index contributed by atoms with van der Waals surface area (Å²) in [5.74, 6) is 0. The molecule has 0 spiro atoms. The van der Waals surface area contributed by atoms with Gasteiger partial charge in [-0.1, -0.05) is 0 Å². The predicted molar refractivity (Wildman–Crippen MR) is 67.3 cm³/mol. The fourth-order valence-electron chi connectivity index (χ4n) is 1.75. The topological polar surface area (TPSA) is 96.5 Å². The summed E-state index contributed by atoms with van der Waals surface area (Å²) in [5, 5.41) is 3.22. The van der Waals surface area contributed by atoms with Gasteiger partial charge in [0.25, 0.3) is 0 Å². The van der Waals surface area contributed by atoms with Gasteiger partial charge in [0.15, 0.2) is 0 Å². The molecule has 8 heteroatoms. The first-order valence-corrected chi connectivity index (χ1v) is 7.44. The van der Waals surface area contributed by atoms with Crippen LogP contribution in [0, 0.1) is 0 Å². The quantitative estimate of drug-likeness (QED) is 0.663. The Kier molecular flexibility index (Phi) is 4.94. The molecule has 106 valence electrons. The standard InChI is InChI=1S/C10H21N3O4S/c1-8(2)17-9(14)13-18(15,16)12-7-10(3)5-4-6-11-10/h8,11-12H,4-7H2,1-3H3,(H,13,14). The van der Waals surface area contributed by atoms with E-state index < -0.39 is 16.3 Å². The Morgan fingerprint density at radius 3 is 2.67 bits per heavy atom. The molecule has 0 aromatic heterocycles. The number of ether oxygens (including phenoxy) is 1. The molecule has 0 saturated carbocycles. The zero-order valence-electron chi connectivity index (χ0n) is 10.9. The molecule has 1 fully saturated rings. The fourth-order valence-corrected chi connectivity index (χ4v) is 2.59. The van der Waals surface area contributed by atoms with E-state index in [0.29, 0.717) is 0 Å². The van der Waals surface area contributed by atoms with E-state index in [4.69, 9.17) is 4.74 Å². The first-order valence-electron chi connectivity index (χ1n) is 5.95. The van der Waals surface area contributed by atoms with Crippen LogP contribution in [-0.4, -0.2) is 39.2 Å². The zero-order chi connectivity index (χ0) is 13.8. The largest absolute Gasteiger partial charge is 0.446 e. The number of rotatable bonds is 5. The van der Waals surface area contributed by atoms with Crippen LogP contribution in [0.3, 0.4) is 0 Å². The zero-order valence-corrected chi connectivity index (χ0v) is 11.8. The number of carbonyl (C=O) groups is 1. The minimum absolute atomic E-state index is 0.233. The average Bonchev–Trinajstić information content (AvgIpc) is 2.61. The first-order chi connectivity index (χ1) is 8.22. The van der Waals surface area contributed by atoms with Gasteiger partial charge in [0.1, 0.15) is 0 Å². The highest BCUT2D eigenvalue weighted by Gasteiger charge is 2.29. The molecule has 0 bridgehead atoms. The van der Waals surface area contributed by atoms with Gasteiger partial charge in [-0.2, -0.15) is 13.1 Å². The third kappa shape index (κ3) is 5.19. The normalized spacial score (nSPS) is 24.2. The van der Waals surface area contributed by atoms with E-state index in [-0.39, 0.29) is 18.2 Å². The molecule has 1 aliphatic heterocycles. The molecule has 1 aliphatic rings. The Morgan fingerprint density at radius 1 is 1.50 bits per heavy atom. The lowest BCUT2D eigenvalue weighted by atomic mass is 10.0. The molecule has 1 saturated heterocycles. The molecule has 1 atom stereocenters. The van der Waals surface area contributed by atoms with E-state index in [2.05, 4.69) is 10.0 Å². The molecule has 0 aromatic carbocycles. The highest BCUT2D eigenvalue weighted by Crippen LogP contribution is 2.17. The smallest absolute Gasteiger partial charge is 0.422 e. The van der Waals surface area contributed by atoms with Crippen LogP contribution in [-0.2, 0) is 14.9 Å². The number of hydrogen-bond acceptors (Lipinski definition) is 5. The predicted octanol–water partition coefficient (Wildman–Crippen LogP) is 0.0975. The molecule has 3 N–H and O–H groups in total. The molecule has 0 aromatic rings. The Balaban J connectivity index is 2.42. The van der Waals surface area contributed by atoms with Crippen molar-refractivity contribution in [1.82, 2.24) is 14.8 Å². The van der Waals surface area contributed by atoms with Gasteiger partial charge < -0.3 is 10.1 Å². The van der Waals surface area contributed by atoms with E-state index in [9.17, 15) is 13.2 Å². The average molecular weight is 279 g/mol. The van der Waals surface area contributed by atoms with Gasteiger partial charge >= 0.3 is 16.3 Å². The minimum atomic E-state index is -3.87. The summed E-state index contributed by atoms with van der Waals surface area (Å²) >= 11 is 0. The van der Waals surface area contributed by atoms with Crippen LogP contribution in [0.1, 0.15) is 33.6 Å². The van der Waals surface area contributed by atoms with Gasteiger partial charge in [0.2, 0.25) is 0 Å². The van der Waals surface area contributed by atoms with Crippen molar-refractivity contribution in [1.29, 1.82) is 0 Å². The van der Waals surface area contributed by atoms with Gasteiger partial charge in [0.05, 0.1) is 6.10 Å². The molecule has 7 nitrogen and oxygen atoms in total. The van der Waals surface area contributed by atoms with Crippen LogP contribution in [0.4, 0.5) is 4.79 Å². The maximum absolute atomic E-state index is 11.6. The van der Waals surface area contributed by atoms with Gasteiger partial charge in [-0.25, -0.2) is 9.52 Å². The summed E-state index contributed by atoms with van der Waals surface area (Å²) in [4.78, 5) is 11.2. The molecular formula is C10H21N3O4S. The molecular weight excluding hydrogens is 258 g/mol. The fraction of sp³-hybridized carbons (Fsp3) is 0.900. The second-order valence-corrected chi connectivity index (χ2v) is 6.47. The van der Waals surface area contributed by atoms with Crippen molar-refractivity contribution in [3.63, 3.8) is 0 Å². The minimum Gasteiger partial charge on any atom is -0.446 e. The lowest BCUT2D eigenvalue weighted by molar-refractivity contribution is 0.121. The molecule has 1 unspecified atom stereocenters. The second-order valence-electron chi connectivity index (χ2n) is 4.97. The van der Waals surface area contributed by atoms with E-state index >= 15 is 0 Å². The van der Waals surface area contributed by atoms with Gasteiger partial charge in [0, 0.05) is 12.1 Å². The van der Waals surface area contributed by atoms with Crippen LogP contribution in [0.25, 0.3) is 0 Å². The Bertz CT molecular complexity index is 388. The van der Waals surface area contributed by atoms with Crippen LogP contribution >= 0.6 is 0 Å². The molecule has 18 heavy (non-hydrogen) atoms. The van der Waals surface area contributed by atoms with E-state index in [1.165, 1.54) is 0 Å². The lowest BCUT2D eigenvalue weighted by Gasteiger charge is -2.24. The summed E-state index contributed by atoms with van der Waals surface area (Å²) in [6, 6.07) is 0. The summed E-state index contributed by atoms with van der Waals surface area (Å²) in [7, 11) is -3.87. The Hall–Kier alpha value is -0.860. The van der Waals surface area contributed by atoms with Crippen molar-refractivity contribution in [3.8, 4) is 0 Å². The van der Waals surface area contributed by atoms with E-state index in [0.717, 1.165) is 19.4 Å². The maximum atomic E-state index is 11.6. The summed E-state index contributed by atoms with van der Waals surface area (Å²) in [5.41, 5.74) is -0.253. The van der Waals surface area contributed by atoms with Crippen LogP contribution in [0.2, 0.25) is 0 Å². The van der Waals surface area contributed by atoms with Crippen molar-refractivity contribution in [2.45, 2.75) is 45.3 Å². The molecule has 1 amide bonds. The van der Waals surface area contributed by atoms with Gasteiger partial charge in [-0.15, -0.1) is 0 Å². The Morgan fingerprint density at radius 2 is 2.17 bits per heavy atom. The molecule has 0 radical (unpaired) electrons. The van der Waals surface area contributed by atoms with Crippen LogP contribution in [0.5, 0.6) is 0 Å². The SMILES string of the molecule is CC(C)OC(=O)NS(=O)(=O)NCC1(C)CCCN1. The van der Waals surface area contributed by atoms with Crippen molar-refractivity contribution in [2.75, 3.05) is 13.1 Å². The first kappa shape index (κ1) is 15.2. The highest BCUT2D eigenvalue weighted by molar-refractivity contribution is 7.88. The monoisotopic (exact) mass is 279 g/mol. The number of hydrogen-bond donors (Lipinski definition) is 3. The third-order valence-corrected chi connectivity index (χ3v) is 3.63. The molecule has 1 rings (SSSR count). The maximum Gasteiger partial charge on any atom is 0.422 e. The molecule has 0 aliphatic carbocycles. The Labute approximate surface area is 108 Å². The van der Waals surface area contributed by atoms with E-state index in [1.807, 2.05) is 6.92 Å². The number of carbonyl (C=O) groups excluding carboxylic acids is 1. The van der Waals surface area contributed by atoms with E-state index in [1.54, 1.807) is 18.6 Å². The number of nitrogens with one attached hydrogen (secondary N) is 3. The van der Waals surface area contributed by atoms with Gasteiger partial charge in [-0.3, -0.25) is 0 Å². The summed E-state index contributed by atoms with van der Waals surface area (Å²) < 4.78 is 32.0. The highest BCUT2D eigenvalue weighted by atomic mass is 32.2. The molecule has 1 heterocycles. The van der Waals surface area contributed by atoms with Crippen molar-refractivity contribution >= 4 is 16.3 Å². The third-order valence-electron chi connectivity index (χ3n) is 2.67. The second kappa shape index (κ2) is 5.85. The van der Waals surface area contributed by atoms with Crippen molar-refractivity contribution < 1.29 is 17.9 Å². The summed E-state index contributed by atoms with van der Waals surface area (Å²) in [6.07, 6.45) is 0.573. The van der Waals surface area contributed by atoms with Crippen molar-refractivity contribution in [3.05, 3.63) is 0 Å². The van der Waals surface area contributed by atoms with Gasteiger partial charge in [-0.05, 0) is 40.2 Å². The van der Waals surface area contributed by atoms with Crippen LogP contribution < -0.4 is 14.8 Å².